The normalized spacial score (nSPS) is 12.7. The zero-order valence-corrected chi connectivity index (χ0v) is 11.1. The first-order valence-corrected chi connectivity index (χ1v) is 7.61. The molecule has 0 saturated heterocycles. The zero-order chi connectivity index (χ0) is 11.3. The van der Waals surface area contributed by atoms with Crippen LogP contribution in [0.4, 0.5) is 0 Å². The quantitative estimate of drug-likeness (QED) is 0.658. The van der Waals surface area contributed by atoms with E-state index in [1.54, 1.807) is 17.5 Å². The number of carboxylic acid groups (broad SMARTS) is 1. The Labute approximate surface area is 105 Å². The van der Waals surface area contributed by atoms with Crippen molar-refractivity contribution in [3.8, 4) is 0 Å². The number of pyridine rings is 1. The minimum atomic E-state index is -0.827. The van der Waals surface area contributed by atoms with Crippen molar-refractivity contribution in [2.45, 2.75) is 12.5 Å². The van der Waals surface area contributed by atoms with Crippen molar-refractivity contribution in [1.82, 2.24) is 9.29 Å². The molecule has 0 spiro atoms. The molecule has 0 bridgehead atoms. The van der Waals surface area contributed by atoms with Crippen LogP contribution in [0.25, 0.3) is 0 Å². The Balaban J connectivity index is 2.71. The molecule has 0 fully saturated rings. The molecular weight excluding hydrogens is 327 g/mol. The number of aliphatic carboxylic acids is 1. The monoisotopic (exact) mass is 338 g/mol. The van der Waals surface area contributed by atoms with Crippen molar-refractivity contribution in [1.29, 1.82) is 0 Å². The maximum Gasteiger partial charge on any atom is 0.322 e. The Morgan fingerprint density at radius 3 is 2.93 bits per heavy atom. The molecule has 0 saturated carbocycles. The predicted octanol–water partition coefficient (Wildman–Crippen LogP) is 2.01. The number of nitrogens with zero attached hydrogens (tertiary/aromatic N) is 2. The number of carbonyl (C=O) groups is 1. The number of carboxylic acids is 1. The number of rotatable bonds is 5. The lowest BCUT2D eigenvalue weighted by Gasteiger charge is -2.20. The summed E-state index contributed by atoms with van der Waals surface area (Å²) in [6.07, 6.45) is 2.09. The van der Waals surface area contributed by atoms with Crippen molar-refractivity contribution < 1.29 is 9.90 Å². The van der Waals surface area contributed by atoms with Crippen LogP contribution in [0.3, 0.4) is 0 Å². The average molecular weight is 338 g/mol. The molecule has 0 aliphatic heterocycles. The third kappa shape index (κ3) is 3.96. The van der Waals surface area contributed by atoms with E-state index in [4.69, 9.17) is 5.11 Å². The van der Waals surface area contributed by atoms with Gasteiger partial charge >= 0.3 is 5.97 Å². The van der Waals surface area contributed by atoms with Gasteiger partial charge < -0.3 is 5.11 Å². The molecule has 1 heterocycles. The molecule has 82 valence electrons. The Morgan fingerprint density at radius 1 is 1.73 bits per heavy atom. The van der Waals surface area contributed by atoms with Gasteiger partial charge in [0.05, 0.1) is 0 Å². The summed E-state index contributed by atoms with van der Waals surface area (Å²) in [6, 6.07) is 4.97. The van der Waals surface area contributed by atoms with Crippen LogP contribution in [-0.2, 0) is 11.2 Å². The first kappa shape index (κ1) is 12.7. The molecule has 1 atom stereocenters. The lowest BCUT2D eigenvalue weighted by molar-refractivity contribution is -0.140. The molecule has 0 radical (unpaired) electrons. The molecule has 1 aromatic heterocycles. The van der Waals surface area contributed by atoms with Crippen LogP contribution in [0.15, 0.2) is 24.4 Å². The molecule has 0 amide bonds. The minimum Gasteiger partial charge on any atom is -0.480 e. The van der Waals surface area contributed by atoms with E-state index in [-0.39, 0.29) is 0 Å². The molecular formula is C9H11IN2O2S. The first-order chi connectivity index (χ1) is 7.15. The van der Waals surface area contributed by atoms with Crippen molar-refractivity contribution >= 4 is 36.3 Å². The number of hydrogen-bond acceptors (Lipinski definition) is 4. The summed E-state index contributed by atoms with van der Waals surface area (Å²) in [5.74, 6) is -0.827. The smallest absolute Gasteiger partial charge is 0.322 e. The first-order valence-electron chi connectivity index (χ1n) is 4.29. The number of hydrogen-bond donors (Lipinski definition) is 1. The number of halogens is 1. The third-order valence-corrected chi connectivity index (χ3v) is 4.30. The lowest BCUT2D eigenvalue weighted by Crippen LogP contribution is -2.35. The molecule has 0 unspecified atom stereocenters. The highest BCUT2D eigenvalue weighted by molar-refractivity contribution is 14.2. The molecule has 1 rings (SSSR count). The van der Waals surface area contributed by atoms with Gasteiger partial charge in [0, 0.05) is 39.5 Å². The van der Waals surface area contributed by atoms with Crippen LogP contribution < -0.4 is 0 Å². The highest BCUT2D eigenvalue weighted by Crippen LogP contribution is 2.21. The van der Waals surface area contributed by atoms with E-state index in [1.165, 1.54) is 9.12 Å². The van der Waals surface area contributed by atoms with Crippen LogP contribution in [0, 0.1) is 0 Å². The Bertz CT molecular complexity index is 323. The summed E-state index contributed by atoms with van der Waals surface area (Å²) in [5, 5.41) is 9.05. The topological polar surface area (TPSA) is 53.4 Å². The van der Waals surface area contributed by atoms with Crippen molar-refractivity contribution in [2.24, 2.45) is 0 Å². The van der Waals surface area contributed by atoms with Crippen molar-refractivity contribution in [2.75, 3.05) is 7.05 Å². The maximum atomic E-state index is 11.0. The van der Waals surface area contributed by atoms with Gasteiger partial charge in [-0.05, 0) is 28.3 Å². The number of aromatic nitrogens is 1. The number of likely N-dealkylation sites (N-methyl/N-ethyl adjacent to an activating group) is 1. The van der Waals surface area contributed by atoms with E-state index in [0.717, 1.165) is 5.69 Å². The van der Waals surface area contributed by atoms with Gasteiger partial charge in [-0.1, -0.05) is 6.07 Å². The van der Waals surface area contributed by atoms with Gasteiger partial charge in [-0.3, -0.25) is 9.78 Å². The van der Waals surface area contributed by atoms with Crippen LogP contribution >= 0.6 is 30.3 Å². The molecule has 0 aromatic carbocycles. The Kier molecular flexibility index (Phi) is 5.34. The SMILES string of the molecule is CN(SI)[C@@H](Cc1ccccn1)C(=O)O. The van der Waals surface area contributed by atoms with Gasteiger partial charge in [0.25, 0.3) is 0 Å². The summed E-state index contributed by atoms with van der Waals surface area (Å²) in [7, 11) is 3.14. The summed E-state index contributed by atoms with van der Waals surface area (Å²) >= 11 is 2.06. The summed E-state index contributed by atoms with van der Waals surface area (Å²) < 4.78 is 1.71. The van der Waals surface area contributed by atoms with Crippen molar-refractivity contribution in [3.05, 3.63) is 30.1 Å². The Hall–Kier alpha value is -0.340. The van der Waals surface area contributed by atoms with Crippen LogP contribution in [-0.4, -0.2) is 33.5 Å². The van der Waals surface area contributed by atoms with Gasteiger partial charge in [-0.2, -0.15) is 0 Å². The average Bonchev–Trinajstić information content (AvgIpc) is 2.26. The van der Waals surface area contributed by atoms with E-state index in [1.807, 2.05) is 18.2 Å². The molecule has 6 heteroatoms. The highest BCUT2D eigenvalue weighted by atomic mass is 127. The van der Waals surface area contributed by atoms with Crippen LogP contribution in [0.1, 0.15) is 5.69 Å². The molecule has 0 aliphatic carbocycles. The highest BCUT2D eigenvalue weighted by Gasteiger charge is 2.23. The fraction of sp³-hybridized carbons (Fsp3) is 0.333. The standard InChI is InChI=1S/C9H11IN2O2S/c1-12(15-10)8(9(13)14)6-7-4-2-3-5-11-7/h2-5,8H,6H2,1H3,(H,13,14)/t8-/m0/s1. The third-order valence-electron chi connectivity index (χ3n) is 1.96. The van der Waals surface area contributed by atoms with E-state index in [2.05, 4.69) is 26.2 Å². The largest absolute Gasteiger partial charge is 0.480 e. The summed E-state index contributed by atoms with van der Waals surface area (Å²) in [4.78, 5) is 15.1. The fourth-order valence-corrected chi connectivity index (χ4v) is 2.22. The van der Waals surface area contributed by atoms with Gasteiger partial charge in [0.2, 0.25) is 0 Å². The molecule has 1 aromatic rings. The zero-order valence-electron chi connectivity index (χ0n) is 8.13. The predicted molar refractivity (Wildman–Crippen MR) is 68.7 cm³/mol. The summed E-state index contributed by atoms with van der Waals surface area (Å²) in [5.41, 5.74) is 0.794. The second-order valence-corrected chi connectivity index (χ2v) is 4.89. The van der Waals surface area contributed by atoms with Crippen LogP contribution in [0.5, 0.6) is 0 Å². The van der Waals surface area contributed by atoms with Crippen molar-refractivity contribution in [3.63, 3.8) is 0 Å². The van der Waals surface area contributed by atoms with Gasteiger partial charge in [-0.25, -0.2) is 4.31 Å². The van der Waals surface area contributed by atoms with E-state index < -0.39 is 12.0 Å². The van der Waals surface area contributed by atoms with Gasteiger partial charge in [-0.15, -0.1) is 0 Å². The second-order valence-electron chi connectivity index (χ2n) is 2.99. The molecule has 0 aliphatic rings. The molecule has 1 N–H and O–H groups in total. The minimum absolute atomic E-state index is 0.419. The fourth-order valence-electron chi connectivity index (χ4n) is 1.14. The van der Waals surface area contributed by atoms with E-state index >= 15 is 0 Å². The van der Waals surface area contributed by atoms with E-state index in [9.17, 15) is 4.79 Å². The van der Waals surface area contributed by atoms with Gasteiger partial charge in [0.15, 0.2) is 0 Å². The van der Waals surface area contributed by atoms with E-state index in [0.29, 0.717) is 6.42 Å². The lowest BCUT2D eigenvalue weighted by atomic mass is 10.1. The Morgan fingerprint density at radius 2 is 2.47 bits per heavy atom. The molecule has 15 heavy (non-hydrogen) atoms. The van der Waals surface area contributed by atoms with Gasteiger partial charge in [0.1, 0.15) is 6.04 Å². The second kappa shape index (κ2) is 6.29. The molecule has 4 nitrogen and oxygen atoms in total. The maximum absolute atomic E-state index is 11.0. The summed E-state index contributed by atoms with van der Waals surface area (Å²) in [6.45, 7) is 0. The van der Waals surface area contributed by atoms with Crippen LogP contribution in [0.2, 0.25) is 0 Å².